The number of rotatable bonds is 22. The van der Waals surface area contributed by atoms with Gasteiger partial charge in [0, 0.05) is 12.8 Å². The van der Waals surface area contributed by atoms with E-state index in [0.717, 1.165) is 76.8 Å². The summed E-state index contributed by atoms with van der Waals surface area (Å²) in [6.45, 7) is 5.56. The Bertz CT molecular complexity index is 381. The zero-order valence-corrected chi connectivity index (χ0v) is 18.6. The fraction of sp³-hybridized carbons (Fsp3) is 0.750. The van der Waals surface area contributed by atoms with Gasteiger partial charge in [0.25, 0.3) is 0 Å². The Morgan fingerprint density at radius 2 is 1.03 bits per heavy atom. The highest BCUT2D eigenvalue weighted by atomic mass is 16.8. The van der Waals surface area contributed by atoms with E-state index in [1.807, 2.05) is 12.2 Å². The quantitative estimate of drug-likeness (QED) is 0.0959. The molecule has 2 unspecified atom stereocenters. The summed E-state index contributed by atoms with van der Waals surface area (Å²) < 4.78 is 17.8. The van der Waals surface area contributed by atoms with E-state index in [9.17, 15) is 9.59 Å². The van der Waals surface area contributed by atoms with Crippen molar-refractivity contribution in [3.8, 4) is 0 Å². The second-order valence-electron chi connectivity index (χ2n) is 7.08. The standard InChI is InChI=1S/C24H42O5/c1-3-5-21-27-23(17-13-9-7-11-15-19-25)29-24(28-22-6-4-2)18-14-10-8-12-16-20-26/h13-14,17-20,23-24H,3-12,15-16,21-22H2,1-2H3. The molecule has 168 valence electrons. The molecule has 0 aromatic carbocycles. The third-order valence-corrected chi connectivity index (χ3v) is 4.30. The topological polar surface area (TPSA) is 61.8 Å². The molecule has 0 saturated heterocycles. The molecular weight excluding hydrogens is 368 g/mol. The number of carbonyl (C=O) groups excluding carboxylic acids is 2. The lowest BCUT2D eigenvalue weighted by molar-refractivity contribution is -0.208. The molecule has 0 aromatic heterocycles. The predicted octanol–water partition coefficient (Wildman–Crippen LogP) is 5.92. The molecule has 0 aliphatic rings. The number of aldehydes is 2. The molecule has 0 rings (SSSR count). The van der Waals surface area contributed by atoms with Crippen LogP contribution in [0.15, 0.2) is 24.3 Å². The number of hydrogen-bond acceptors (Lipinski definition) is 5. The molecule has 0 heterocycles. The summed E-state index contributed by atoms with van der Waals surface area (Å²) in [5.41, 5.74) is 0. The largest absolute Gasteiger partial charge is 0.349 e. The molecule has 0 aliphatic carbocycles. The summed E-state index contributed by atoms with van der Waals surface area (Å²) in [5, 5.41) is 0. The van der Waals surface area contributed by atoms with E-state index in [1.54, 1.807) is 0 Å². The predicted molar refractivity (Wildman–Crippen MR) is 118 cm³/mol. The Balaban J connectivity index is 4.65. The van der Waals surface area contributed by atoms with Crippen LogP contribution in [-0.2, 0) is 23.8 Å². The molecule has 0 aromatic rings. The summed E-state index contributed by atoms with van der Waals surface area (Å²) in [4.78, 5) is 20.8. The lowest BCUT2D eigenvalue weighted by Gasteiger charge is -2.21. The molecule has 0 N–H and O–H groups in total. The lowest BCUT2D eigenvalue weighted by atomic mass is 10.2. The Morgan fingerprint density at radius 3 is 1.41 bits per heavy atom. The minimum absolute atomic E-state index is 0.445. The van der Waals surface area contributed by atoms with Gasteiger partial charge in [-0.15, -0.1) is 0 Å². The minimum Gasteiger partial charge on any atom is -0.349 e. The Hall–Kier alpha value is -1.30. The molecule has 0 aliphatic heterocycles. The molecule has 2 atom stereocenters. The molecular formula is C24H42O5. The smallest absolute Gasteiger partial charge is 0.180 e. The van der Waals surface area contributed by atoms with Crippen molar-refractivity contribution in [1.29, 1.82) is 0 Å². The molecule has 5 heteroatoms. The monoisotopic (exact) mass is 410 g/mol. The van der Waals surface area contributed by atoms with Gasteiger partial charge in [-0.25, -0.2) is 0 Å². The number of carbonyl (C=O) groups is 2. The first kappa shape index (κ1) is 27.7. The van der Waals surface area contributed by atoms with Gasteiger partial charge in [-0.3, -0.25) is 0 Å². The van der Waals surface area contributed by atoms with Gasteiger partial charge in [-0.1, -0.05) is 38.8 Å². The average molecular weight is 411 g/mol. The molecule has 0 bridgehead atoms. The Morgan fingerprint density at radius 1 is 0.621 bits per heavy atom. The summed E-state index contributed by atoms with van der Waals surface area (Å²) in [6, 6.07) is 0. The minimum atomic E-state index is -0.445. The van der Waals surface area contributed by atoms with E-state index >= 15 is 0 Å². The van der Waals surface area contributed by atoms with E-state index in [0.29, 0.717) is 26.1 Å². The van der Waals surface area contributed by atoms with Gasteiger partial charge in [0.1, 0.15) is 12.6 Å². The normalized spacial score (nSPS) is 13.9. The molecule has 0 amide bonds. The first-order valence-electron chi connectivity index (χ1n) is 11.4. The SMILES string of the molecule is CCCCOC(C=CCCCCC=O)OC(C=CCCCCC=O)OCCCC. The van der Waals surface area contributed by atoms with Gasteiger partial charge >= 0.3 is 0 Å². The fourth-order valence-corrected chi connectivity index (χ4v) is 2.49. The van der Waals surface area contributed by atoms with Crippen molar-refractivity contribution in [3.05, 3.63) is 24.3 Å². The van der Waals surface area contributed by atoms with Crippen LogP contribution in [0.3, 0.4) is 0 Å². The third-order valence-electron chi connectivity index (χ3n) is 4.30. The number of hydrogen-bond donors (Lipinski definition) is 0. The van der Waals surface area contributed by atoms with Crippen LogP contribution in [0.5, 0.6) is 0 Å². The second kappa shape index (κ2) is 23.0. The van der Waals surface area contributed by atoms with Crippen LogP contribution in [-0.4, -0.2) is 38.4 Å². The van der Waals surface area contributed by atoms with Crippen LogP contribution in [0.25, 0.3) is 0 Å². The molecule has 5 nitrogen and oxygen atoms in total. The van der Waals surface area contributed by atoms with Crippen LogP contribution in [0, 0.1) is 0 Å². The maximum Gasteiger partial charge on any atom is 0.180 e. The number of ether oxygens (including phenoxy) is 3. The Kier molecular flexibility index (Phi) is 22.0. The summed E-state index contributed by atoms with van der Waals surface area (Å²) >= 11 is 0. The summed E-state index contributed by atoms with van der Waals surface area (Å²) in [7, 11) is 0. The fourth-order valence-electron chi connectivity index (χ4n) is 2.49. The molecule has 0 radical (unpaired) electrons. The molecule has 0 fully saturated rings. The van der Waals surface area contributed by atoms with Crippen molar-refractivity contribution in [3.63, 3.8) is 0 Å². The lowest BCUT2D eigenvalue weighted by Crippen LogP contribution is -2.25. The van der Waals surface area contributed by atoms with Crippen LogP contribution in [0.4, 0.5) is 0 Å². The van der Waals surface area contributed by atoms with E-state index in [-0.39, 0.29) is 0 Å². The van der Waals surface area contributed by atoms with Gasteiger partial charge in [0.15, 0.2) is 12.6 Å². The van der Waals surface area contributed by atoms with E-state index < -0.39 is 12.6 Å². The van der Waals surface area contributed by atoms with E-state index in [4.69, 9.17) is 14.2 Å². The van der Waals surface area contributed by atoms with Gasteiger partial charge in [-0.05, 0) is 63.5 Å². The maximum atomic E-state index is 10.4. The van der Waals surface area contributed by atoms with Crippen LogP contribution in [0.2, 0.25) is 0 Å². The van der Waals surface area contributed by atoms with Crippen molar-refractivity contribution < 1.29 is 23.8 Å². The van der Waals surface area contributed by atoms with Gasteiger partial charge < -0.3 is 23.8 Å². The highest BCUT2D eigenvalue weighted by molar-refractivity contribution is 5.49. The van der Waals surface area contributed by atoms with Crippen molar-refractivity contribution in [2.24, 2.45) is 0 Å². The molecule has 0 saturated carbocycles. The van der Waals surface area contributed by atoms with E-state index in [1.165, 1.54) is 0 Å². The first-order chi connectivity index (χ1) is 14.3. The third kappa shape index (κ3) is 19.8. The van der Waals surface area contributed by atoms with Crippen molar-refractivity contribution in [2.45, 2.75) is 103 Å². The van der Waals surface area contributed by atoms with Gasteiger partial charge in [0.2, 0.25) is 0 Å². The summed E-state index contributed by atoms with van der Waals surface area (Å²) in [5.74, 6) is 0. The Labute approximate surface area is 177 Å². The van der Waals surface area contributed by atoms with Crippen LogP contribution >= 0.6 is 0 Å². The van der Waals surface area contributed by atoms with Crippen molar-refractivity contribution in [1.82, 2.24) is 0 Å². The maximum absolute atomic E-state index is 10.4. The van der Waals surface area contributed by atoms with Crippen molar-refractivity contribution in [2.75, 3.05) is 13.2 Å². The average Bonchev–Trinajstić information content (AvgIpc) is 2.72. The van der Waals surface area contributed by atoms with Crippen LogP contribution < -0.4 is 0 Å². The van der Waals surface area contributed by atoms with Gasteiger partial charge in [0.05, 0.1) is 13.2 Å². The molecule has 0 spiro atoms. The number of allylic oxidation sites excluding steroid dienone is 2. The summed E-state index contributed by atoms with van der Waals surface area (Å²) in [6.07, 6.45) is 20.0. The van der Waals surface area contributed by atoms with Gasteiger partial charge in [-0.2, -0.15) is 0 Å². The molecule has 29 heavy (non-hydrogen) atoms. The number of unbranched alkanes of at least 4 members (excludes halogenated alkanes) is 8. The van der Waals surface area contributed by atoms with Crippen molar-refractivity contribution >= 4 is 12.6 Å². The zero-order chi connectivity index (χ0) is 21.4. The van der Waals surface area contributed by atoms with E-state index in [2.05, 4.69) is 26.0 Å². The first-order valence-corrected chi connectivity index (χ1v) is 11.4. The highest BCUT2D eigenvalue weighted by Crippen LogP contribution is 2.11. The zero-order valence-electron chi connectivity index (χ0n) is 18.6. The van der Waals surface area contributed by atoms with Crippen LogP contribution in [0.1, 0.15) is 90.9 Å². The second-order valence-corrected chi connectivity index (χ2v) is 7.08. The highest BCUT2D eigenvalue weighted by Gasteiger charge is 2.13.